The highest BCUT2D eigenvalue weighted by Crippen LogP contribution is 2.25. The molecule has 0 amide bonds. The van der Waals surface area contributed by atoms with E-state index >= 15 is 0 Å². The second-order valence-corrected chi connectivity index (χ2v) is 6.16. The summed E-state index contributed by atoms with van der Waals surface area (Å²) < 4.78 is 0. The van der Waals surface area contributed by atoms with Gasteiger partial charge >= 0.3 is 0 Å². The zero-order valence-corrected chi connectivity index (χ0v) is 13.4. The van der Waals surface area contributed by atoms with Crippen molar-refractivity contribution >= 4 is 0 Å². The van der Waals surface area contributed by atoms with Crippen LogP contribution in [0, 0.1) is 11.8 Å². The van der Waals surface area contributed by atoms with E-state index in [4.69, 9.17) is 0 Å². The van der Waals surface area contributed by atoms with Crippen LogP contribution >= 0.6 is 0 Å². The van der Waals surface area contributed by atoms with E-state index in [1.54, 1.807) is 0 Å². The van der Waals surface area contributed by atoms with E-state index in [-0.39, 0.29) is 0 Å². The van der Waals surface area contributed by atoms with Gasteiger partial charge in [-0.25, -0.2) is 0 Å². The molecule has 0 aromatic heterocycles. The first-order chi connectivity index (χ1) is 9.08. The standard InChI is InChI=1S/C18H31N/c1-6-11-19-18(15(5)7-2)17-10-8-9-16(13-17)12-14(3)4/h8-10,13-15,18-19H,6-7,11-12H2,1-5H3. The minimum atomic E-state index is 0.497. The van der Waals surface area contributed by atoms with E-state index in [0.717, 1.165) is 12.5 Å². The van der Waals surface area contributed by atoms with Crippen molar-refractivity contribution in [2.45, 2.75) is 59.9 Å². The molecule has 1 rings (SSSR count). The Morgan fingerprint density at radius 3 is 2.42 bits per heavy atom. The van der Waals surface area contributed by atoms with Crippen molar-refractivity contribution in [3.8, 4) is 0 Å². The van der Waals surface area contributed by atoms with Crippen LogP contribution in [0.1, 0.15) is 64.6 Å². The molecule has 0 saturated carbocycles. The Kier molecular flexibility index (Phi) is 7.15. The van der Waals surface area contributed by atoms with Crippen molar-refractivity contribution in [3.63, 3.8) is 0 Å². The molecule has 0 fully saturated rings. The lowest BCUT2D eigenvalue weighted by atomic mass is 9.90. The minimum absolute atomic E-state index is 0.497. The van der Waals surface area contributed by atoms with Crippen molar-refractivity contribution in [3.05, 3.63) is 35.4 Å². The topological polar surface area (TPSA) is 12.0 Å². The van der Waals surface area contributed by atoms with Gasteiger partial charge in [-0.05, 0) is 42.3 Å². The highest BCUT2D eigenvalue weighted by atomic mass is 14.9. The normalized spacial score (nSPS) is 14.6. The fourth-order valence-electron chi connectivity index (χ4n) is 2.57. The highest BCUT2D eigenvalue weighted by molar-refractivity contribution is 5.27. The maximum Gasteiger partial charge on any atom is 0.0346 e. The summed E-state index contributed by atoms with van der Waals surface area (Å²) in [4.78, 5) is 0. The molecule has 0 radical (unpaired) electrons. The van der Waals surface area contributed by atoms with Gasteiger partial charge in [0.25, 0.3) is 0 Å². The first kappa shape index (κ1) is 16.2. The Bertz CT molecular complexity index is 356. The average Bonchev–Trinajstić information content (AvgIpc) is 2.38. The second kappa shape index (κ2) is 8.37. The monoisotopic (exact) mass is 261 g/mol. The molecule has 1 N–H and O–H groups in total. The van der Waals surface area contributed by atoms with Crippen molar-refractivity contribution in [2.75, 3.05) is 6.54 Å². The summed E-state index contributed by atoms with van der Waals surface area (Å²) in [7, 11) is 0. The molecule has 0 heterocycles. The Balaban J connectivity index is 2.88. The van der Waals surface area contributed by atoms with Crippen LogP contribution in [0.5, 0.6) is 0 Å². The number of hydrogen-bond donors (Lipinski definition) is 1. The van der Waals surface area contributed by atoms with Gasteiger partial charge in [-0.15, -0.1) is 0 Å². The summed E-state index contributed by atoms with van der Waals surface area (Å²) in [6.07, 6.45) is 3.59. The molecule has 2 atom stereocenters. The average molecular weight is 261 g/mol. The predicted molar refractivity (Wildman–Crippen MR) is 85.5 cm³/mol. The van der Waals surface area contributed by atoms with Crippen LogP contribution in [0.25, 0.3) is 0 Å². The first-order valence-electron chi connectivity index (χ1n) is 7.90. The van der Waals surface area contributed by atoms with Crippen LogP contribution in [0.15, 0.2) is 24.3 Å². The molecule has 1 aromatic carbocycles. The molecule has 0 aliphatic carbocycles. The third kappa shape index (κ3) is 5.36. The lowest BCUT2D eigenvalue weighted by Crippen LogP contribution is -2.27. The molecule has 1 aromatic rings. The van der Waals surface area contributed by atoms with Gasteiger partial charge in [0.15, 0.2) is 0 Å². The molecule has 108 valence electrons. The number of benzene rings is 1. The van der Waals surface area contributed by atoms with Gasteiger partial charge in [0.1, 0.15) is 0 Å². The zero-order valence-electron chi connectivity index (χ0n) is 13.4. The van der Waals surface area contributed by atoms with E-state index in [1.807, 2.05) is 0 Å². The van der Waals surface area contributed by atoms with E-state index in [2.05, 4.69) is 64.2 Å². The summed E-state index contributed by atoms with van der Waals surface area (Å²) in [6, 6.07) is 9.66. The van der Waals surface area contributed by atoms with Crippen LogP contribution in [0.2, 0.25) is 0 Å². The van der Waals surface area contributed by atoms with Crippen molar-refractivity contribution in [2.24, 2.45) is 11.8 Å². The third-order valence-corrected chi connectivity index (χ3v) is 3.78. The van der Waals surface area contributed by atoms with Gasteiger partial charge in [0.05, 0.1) is 0 Å². The molecule has 0 aliphatic heterocycles. The van der Waals surface area contributed by atoms with E-state index in [9.17, 15) is 0 Å². The van der Waals surface area contributed by atoms with Gasteiger partial charge in [-0.2, -0.15) is 0 Å². The summed E-state index contributed by atoms with van der Waals surface area (Å²) in [5.74, 6) is 1.40. The van der Waals surface area contributed by atoms with E-state index < -0.39 is 0 Å². The third-order valence-electron chi connectivity index (χ3n) is 3.78. The lowest BCUT2D eigenvalue weighted by molar-refractivity contribution is 0.377. The largest absolute Gasteiger partial charge is 0.310 e. The molecule has 0 bridgehead atoms. The molecular weight excluding hydrogens is 230 g/mol. The highest BCUT2D eigenvalue weighted by Gasteiger charge is 2.17. The molecule has 2 unspecified atom stereocenters. The number of nitrogens with one attached hydrogen (secondary N) is 1. The minimum Gasteiger partial charge on any atom is -0.310 e. The number of hydrogen-bond acceptors (Lipinski definition) is 1. The molecule has 1 nitrogen and oxygen atoms in total. The zero-order chi connectivity index (χ0) is 14.3. The van der Waals surface area contributed by atoms with Crippen molar-refractivity contribution in [1.82, 2.24) is 5.32 Å². The Labute approximate surface area is 119 Å². The molecule has 0 aliphatic rings. The predicted octanol–water partition coefficient (Wildman–Crippen LogP) is 4.97. The number of rotatable bonds is 8. The summed E-state index contributed by atoms with van der Waals surface area (Å²) in [6.45, 7) is 12.5. The summed E-state index contributed by atoms with van der Waals surface area (Å²) in [5, 5.41) is 3.72. The van der Waals surface area contributed by atoms with Crippen LogP contribution in [-0.2, 0) is 6.42 Å². The van der Waals surface area contributed by atoms with Gasteiger partial charge in [-0.3, -0.25) is 0 Å². The Hall–Kier alpha value is -0.820. The fraction of sp³-hybridized carbons (Fsp3) is 0.667. The van der Waals surface area contributed by atoms with E-state index in [0.29, 0.717) is 12.0 Å². The summed E-state index contributed by atoms with van der Waals surface area (Å²) in [5.41, 5.74) is 2.93. The molecule has 1 heteroatoms. The summed E-state index contributed by atoms with van der Waals surface area (Å²) >= 11 is 0. The Morgan fingerprint density at radius 2 is 1.84 bits per heavy atom. The molecule has 0 spiro atoms. The van der Waals surface area contributed by atoms with Crippen LogP contribution in [-0.4, -0.2) is 6.54 Å². The van der Waals surface area contributed by atoms with Gasteiger partial charge in [0.2, 0.25) is 0 Å². The van der Waals surface area contributed by atoms with Gasteiger partial charge in [-0.1, -0.05) is 65.3 Å². The Morgan fingerprint density at radius 1 is 1.11 bits per heavy atom. The second-order valence-electron chi connectivity index (χ2n) is 6.16. The van der Waals surface area contributed by atoms with Crippen LogP contribution < -0.4 is 5.32 Å². The quantitative estimate of drug-likeness (QED) is 0.696. The van der Waals surface area contributed by atoms with Gasteiger partial charge in [0, 0.05) is 6.04 Å². The van der Waals surface area contributed by atoms with Crippen LogP contribution in [0.4, 0.5) is 0 Å². The lowest BCUT2D eigenvalue weighted by Gasteiger charge is -2.25. The van der Waals surface area contributed by atoms with Crippen LogP contribution in [0.3, 0.4) is 0 Å². The SMILES string of the molecule is CCCNC(c1cccc(CC(C)C)c1)C(C)CC. The van der Waals surface area contributed by atoms with E-state index in [1.165, 1.54) is 30.4 Å². The smallest absolute Gasteiger partial charge is 0.0346 e. The van der Waals surface area contributed by atoms with Crippen molar-refractivity contribution in [1.29, 1.82) is 0 Å². The van der Waals surface area contributed by atoms with Crippen molar-refractivity contribution < 1.29 is 0 Å². The maximum absolute atomic E-state index is 3.72. The first-order valence-corrected chi connectivity index (χ1v) is 7.90. The molecule has 19 heavy (non-hydrogen) atoms. The molecule has 0 saturated heterocycles. The molecular formula is C18H31N. The van der Waals surface area contributed by atoms with Gasteiger partial charge < -0.3 is 5.32 Å². The fourth-order valence-corrected chi connectivity index (χ4v) is 2.57. The maximum atomic E-state index is 3.72.